The summed E-state index contributed by atoms with van der Waals surface area (Å²) in [6.45, 7) is 8.31. The van der Waals surface area contributed by atoms with Gasteiger partial charge in [-0.1, -0.05) is 50.2 Å². The minimum absolute atomic E-state index is 0.00203. The molecule has 3 heterocycles. The second-order valence-corrected chi connectivity index (χ2v) is 9.31. The Bertz CT molecular complexity index is 1420. The van der Waals surface area contributed by atoms with Crippen molar-refractivity contribution in [2.75, 3.05) is 19.8 Å². The number of carbonyl (C=O) groups is 1. The van der Waals surface area contributed by atoms with Crippen molar-refractivity contribution in [2.45, 2.75) is 39.3 Å². The van der Waals surface area contributed by atoms with Crippen molar-refractivity contribution in [3.8, 4) is 11.4 Å². The molecule has 1 aliphatic heterocycles. The normalized spacial score (nSPS) is 16.2. The largest absolute Gasteiger partial charge is 0.377 e. The fourth-order valence-corrected chi connectivity index (χ4v) is 4.56. The van der Waals surface area contributed by atoms with Crippen molar-refractivity contribution in [3.63, 3.8) is 0 Å². The third kappa shape index (κ3) is 4.49. The second kappa shape index (κ2) is 9.46. The summed E-state index contributed by atoms with van der Waals surface area (Å²) in [5, 5.41) is 0. The van der Waals surface area contributed by atoms with Gasteiger partial charge in [-0.05, 0) is 36.1 Å². The summed E-state index contributed by atoms with van der Waals surface area (Å²) in [6.07, 6.45) is 1.66. The number of nitrogens with zero attached hydrogens (tertiary/aromatic N) is 4. The molecule has 0 spiro atoms. The van der Waals surface area contributed by atoms with Crippen molar-refractivity contribution in [2.24, 2.45) is 0 Å². The highest BCUT2D eigenvalue weighted by molar-refractivity contribution is 5.94. The van der Waals surface area contributed by atoms with Gasteiger partial charge in [-0.15, -0.1) is 0 Å². The number of amides is 1. The minimum atomic E-state index is -0.245. The van der Waals surface area contributed by atoms with Crippen LogP contribution >= 0.6 is 0 Å². The zero-order valence-electron chi connectivity index (χ0n) is 20.2. The molecule has 1 atom stereocenters. The van der Waals surface area contributed by atoms with Gasteiger partial charge in [-0.25, -0.2) is 14.8 Å². The van der Waals surface area contributed by atoms with Crippen molar-refractivity contribution in [1.82, 2.24) is 24.4 Å². The number of aromatic amines is 1. The van der Waals surface area contributed by atoms with E-state index in [-0.39, 0.29) is 17.6 Å². The molecule has 35 heavy (non-hydrogen) atoms. The lowest BCUT2D eigenvalue weighted by molar-refractivity contribution is 0.00359. The monoisotopic (exact) mass is 471 g/mol. The summed E-state index contributed by atoms with van der Waals surface area (Å²) in [5.74, 6) is 0.911. The molecule has 180 valence electrons. The minimum Gasteiger partial charge on any atom is -0.377 e. The van der Waals surface area contributed by atoms with Crippen LogP contribution in [-0.2, 0) is 11.3 Å². The van der Waals surface area contributed by atoms with E-state index in [0.717, 1.165) is 16.7 Å². The molecule has 0 saturated carbocycles. The Kier molecular flexibility index (Phi) is 6.21. The summed E-state index contributed by atoms with van der Waals surface area (Å²) in [5.41, 5.74) is 4.56. The highest BCUT2D eigenvalue weighted by Crippen LogP contribution is 2.27. The summed E-state index contributed by atoms with van der Waals surface area (Å²) < 4.78 is 7.05. The first kappa shape index (κ1) is 23.0. The molecule has 0 radical (unpaired) electrons. The molecular formula is C27H29N5O3. The SMILES string of the molecule is CC(C)c1ccccc1-c1ncc2[nH]c(=O)n(Cc3ccc(C(=O)N4CCOC[C@@H]4C)cc3)c2n1. The van der Waals surface area contributed by atoms with E-state index in [1.165, 1.54) is 0 Å². The van der Waals surface area contributed by atoms with Gasteiger partial charge in [0, 0.05) is 17.7 Å². The van der Waals surface area contributed by atoms with E-state index in [1.807, 2.05) is 54.3 Å². The number of ether oxygens (including phenoxy) is 1. The van der Waals surface area contributed by atoms with Crippen LogP contribution in [-0.4, -0.2) is 56.1 Å². The Morgan fingerprint density at radius 1 is 1.17 bits per heavy atom. The predicted octanol–water partition coefficient (Wildman–Crippen LogP) is 3.82. The summed E-state index contributed by atoms with van der Waals surface area (Å²) in [4.78, 5) is 39.6. The van der Waals surface area contributed by atoms with Gasteiger partial charge in [0.1, 0.15) is 5.52 Å². The van der Waals surface area contributed by atoms with Gasteiger partial charge in [-0.2, -0.15) is 0 Å². The molecule has 5 rings (SSSR count). The van der Waals surface area contributed by atoms with E-state index in [1.54, 1.807) is 10.8 Å². The number of imidazole rings is 1. The summed E-state index contributed by atoms with van der Waals surface area (Å²) in [6, 6.07) is 15.5. The van der Waals surface area contributed by atoms with Crippen molar-refractivity contribution < 1.29 is 9.53 Å². The molecule has 0 bridgehead atoms. The van der Waals surface area contributed by atoms with Gasteiger partial charge >= 0.3 is 5.69 Å². The number of benzene rings is 2. The zero-order valence-corrected chi connectivity index (χ0v) is 20.2. The van der Waals surface area contributed by atoms with Gasteiger partial charge in [0.2, 0.25) is 0 Å². The first-order valence-electron chi connectivity index (χ1n) is 11.9. The first-order chi connectivity index (χ1) is 16.9. The maximum Gasteiger partial charge on any atom is 0.328 e. The lowest BCUT2D eigenvalue weighted by Gasteiger charge is -2.33. The van der Waals surface area contributed by atoms with E-state index < -0.39 is 0 Å². The molecule has 1 fully saturated rings. The Hall–Kier alpha value is -3.78. The molecule has 0 aliphatic carbocycles. The van der Waals surface area contributed by atoms with Crippen LogP contribution in [0.25, 0.3) is 22.6 Å². The molecule has 1 N–H and O–H groups in total. The average Bonchev–Trinajstić information content (AvgIpc) is 3.18. The fourth-order valence-electron chi connectivity index (χ4n) is 4.56. The van der Waals surface area contributed by atoms with Crippen LogP contribution in [0, 0.1) is 0 Å². The lowest BCUT2D eigenvalue weighted by atomic mass is 9.97. The van der Waals surface area contributed by atoms with Crippen molar-refractivity contribution >= 4 is 17.1 Å². The molecule has 1 saturated heterocycles. The second-order valence-electron chi connectivity index (χ2n) is 9.31. The first-order valence-corrected chi connectivity index (χ1v) is 11.9. The van der Waals surface area contributed by atoms with Gasteiger partial charge < -0.3 is 14.6 Å². The molecule has 8 nitrogen and oxygen atoms in total. The standard InChI is InChI=1S/C27H29N5O3/c1-17(2)21-6-4-5-7-22(21)24-28-14-23-25(30-24)32(27(34)29-23)15-19-8-10-20(11-9-19)26(33)31-12-13-35-16-18(31)3/h4-11,14,17-18H,12-13,15-16H2,1-3H3,(H,29,34)/t18-/m0/s1. The van der Waals surface area contributed by atoms with Crippen LogP contribution in [0.5, 0.6) is 0 Å². The van der Waals surface area contributed by atoms with Crippen molar-refractivity contribution in [3.05, 3.63) is 81.9 Å². The zero-order chi connectivity index (χ0) is 24.5. The molecule has 1 aliphatic rings. The maximum absolute atomic E-state index is 12.9. The highest BCUT2D eigenvalue weighted by Gasteiger charge is 2.24. The molecular weight excluding hydrogens is 442 g/mol. The molecule has 2 aromatic carbocycles. The van der Waals surface area contributed by atoms with E-state index in [4.69, 9.17) is 9.72 Å². The topological polar surface area (TPSA) is 93.1 Å². The van der Waals surface area contributed by atoms with Crippen LogP contribution in [0.15, 0.2) is 59.5 Å². The molecule has 8 heteroatoms. The Balaban J connectivity index is 1.44. The molecule has 1 amide bonds. The summed E-state index contributed by atoms with van der Waals surface area (Å²) in [7, 11) is 0. The third-order valence-electron chi connectivity index (χ3n) is 6.50. The molecule has 2 aromatic heterocycles. The van der Waals surface area contributed by atoms with E-state index in [0.29, 0.717) is 54.8 Å². The highest BCUT2D eigenvalue weighted by atomic mass is 16.5. The fraction of sp³-hybridized carbons (Fsp3) is 0.333. The quantitative estimate of drug-likeness (QED) is 0.478. The number of H-pyrrole nitrogens is 1. The number of fused-ring (bicyclic) bond motifs is 1. The Morgan fingerprint density at radius 3 is 2.69 bits per heavy atom. The van der Waals surface area contributed by atoms with Gasteiger partial charge in [-0.3, -0.25) is 9.36 Å². The van der Waals surface area contributed by atoms with Crippen LogP contribution in [0.3, 0.4) is 0 Å². The number of hydrogen-bond acceptors (Lipinski definition) is 5. The van der Waals surface area contributed by atoms with E-state index in [2.05, 4.69) is 29.9 Å². The number of rotatable bonds is 5. The number of aromatic nitrogens is 4. The van der Waals surface area contributed by atoms with E-state index in [9.17, 15) is 9.59 Å². The smallest absolute Gasteiger partial charge is 0.328 e. The predicted molar refractivity (Wildman–Crippen MR) is 135 cm³/mol. The average molecular weight is 472 g/mol. The number of morpholine rings is 1. The number of carbonyl (C=O) groups excluding carboxylic acids is 1. The maximum atomic E-state index is 12.9. The number of nitrogens with one attached hydrogen (secondary N) is 1. The van der Waals surface area contributed by atoms with Crippen LogP contribution < -0.4 is 5.69 Å². The third-order valence-corrected chi connectivity index (χ3v) is 6.50. The van der Waals surface area contributed by atoms with Crippen molar-refractivity contribution in [1.29, 1.82) is 0 Å². The van der Waals surface area contributed by atoms with Crippen LogP contribution in [0.2, 0.25) is 0 Å². The number of hydrogen-bond donors (Lipinski definition) is 1. The Labute approximate surface area is 203 Å². The Morgan fingerprint density at radius 2 is 1.94 bits per heavy atom. The van der Waals surface area contributed by atoms with E-state index >= 15 is 0 Å². The molecule has 4 aromatic rings. The molecule has 0 unspecified atom stereocenters. The van der Waals surface area contributed by atoms with Gasteiger partial charge in [0.25, 0.3) is 5.91 Å². The lowest BCUT2D eigenvalue weighted by Crippen LogP contribution is -2.47. The van der Waals surface area contributed by atoms with Crippen LogP contribution in [0.4, 0.5) is 0 Å². The van der Waals surface area contributed by atoms with Gasteiger partial charge in [0.05, 0.1) is 32.0 Å². The van der Waals surface area contributed by atoms with Gasteiger partial charge in [0.15, 0.2) is 11.5 Å². The summed E-state index contributed by atoms with van der Waals surface area (Å²) >= 11 is 0. The van der Waals surface area contributed by atoms with Crippen LogP contribution in [0.1, 0.15) is 48.2 Å².